The second-order valence-corrected chi connectivity index (χ2v) is 4.17. The van der Waals surface area contributed by atoms with E-state index in [2.05, 4.69) is 5.92 Å². The Morgan fingerprint density at radius 1 is 1.00 bits per heavy atom. The molecule has 0 amide bonds. The lowest BCUT2D eigenvalue weighted by atomic mass is 10.1. The number of hydrogen-bond donors (Lipinski definition) is 2. The third-order valence-electron chi connectivity index (χ3n) is 2.98. The predicted molar refractivity (Wildman–Crippen MR) is 72.9 cm³/mol. The molecule has 0 aliphatic heterocycles. The second kappa shape index (κ2) is 4.11. The molecule has 0 aliphatic carbocycles. The van der Waals surface area contributed by atoms with Crippen molar-refractivity contribution in [2.24, 2.45) is 0 Å². The summed E-state index contributed by atoms with van der Waals surface area (Å²) in [6.07, 6.45) is 5.40. The van der Waals surface area contributed by atoms with Crippen molar-refractivity contribution in [1.82, 2.24) is 0 Å². The molecule has 0 unspecified atom stereocenters. The lowest BCUT2D eigenvalue weighted by Gasteiger charge is -1.96. The zero-order valence-electron chi connectivity index (χ0n) is 9.92. The number of benzene rings is 2. The highest BCUT2D eigenvalue weighted by Crippen LogP contribution is 2.33. The predicted octanol–water partition coefficient (Wildman–Crippen LogP) is 3.49. The van der Waals surface area contributed by atoms with Gasteiger partial charge in [-0.15, -0.1) is 6.42 Å². The molecule has 0 saturated heterocycles. The first-order valence-corrected chi connectivity index (χ1v) is 5.70. The van der Waals surface area contributed by atoms with Gasteiger partial charge in [0.2, 0.25) is 0 Å². The van der Waals surface area contributed by atoms with E-state index in [1.807, 2.05) is 0 Å². The maximum absolute atomic E-state index is 9.71. The van der Waals surface area contributed by atoms with Crippen LogP contribution in [0.25, 0.3) is 22.3 Å². The summed E-state index contributed by atoms with van der Waals surface area (Å²) in [4.78, 5) is 0. The quantitative estimate of drug-likeness (QED) is 0.650. The maximum Gasteiger partial charge on any atom is 0.136 e. The van der Waals surface area contributed by atoms with Crippen molar-refractivity contribution in [2.45, 2.75) is 0 Å². The Labute approximate surface area is 109 Å². The van der Waals surface area contributed by atoms with Crippen molar-refractivity contribution >= 4 is 11.0 Å². The monoisotopic (exact) mass is 250 g/mol. The molecular weight excluding hydrogens is 240 g/mol. The van der Waals surface area contributed by atoms with E-state index in [-0.39, 0.29) is 11.5 Å². The molecule has 1 aromatic heterocycles. The second-order valence-electron chi connectivity index (χ2n) is 4.17. The van der Waals surface area contributed by atoms with Gasteiger partial charge in [0.15, 0.2) is 0 Å². The third kappa shape index (κ3) is 1.80. The average Bonchev–Trinajstić information content (AvgIpc) is 2.83. The van der Waals surface area contributed by atoms with Crippen molar-refractivity contribution < 1.29 is 14.6 Å². The molecule has 0 aliphatic rings. The fourth-order valence-corrected chi connectivity index (χ4v) is 2.02. The minimum atomic E-state index is 0.0630. The minimum absolute atomic E-state index is 0.0630. The van der Waals surface area contributed by atoms with Gasteiger partial charge in [-0.2, -0.15) is 0 Å². The molecule has 2 N–H and O–H groups in total. The fraction of sp³-hybridized carbons (Fsp3) is 0. The van der Waals surface area contributed by atoms with Crippen LogP contribution in [0.1, 0.15) is 5.56 Å². The van der Waals surface area contributed by atoms with E-state index in [0.29, 0.717) is 22.3 Å². The SMILES string of the molecule is C#Cc1c(O)ccc2oc(-c3ccc(O)cc3)cc12. The molecule has 0 fully saturated rings. The van der Waals surface area contributed by atoms with E-state index >= 15 is 0 Å². The number of fused-ring (bicyclic) bond motifs is 1. The lowest BCUT2D eigenvalue weighted by molar-refractivity contribution is 0.474. The van der Waals surface area contributed by atoms with Crippen LogP contribution in [0.5, 0.6) is 11.5 Å². The highest BCUT2D eigenvalue weighted by Gasteiger charge is 2.11. The fourth-order valence-electron chi connectivity index (χ4n) is 2.02. The van der Waals surface area contributed by atoms with E-state index in [0.717, 1.165) is 5.56 Å². The number of phenolic OH excluding ortho intramolecular Hbond substituents is 2. The lowest BCUT2D eigenvalue weighted by Crippen LogP contribution is -1.76. The molecule has 2 aromatic carbocycles. The maximum atomic E-state index is 9.71. The van der Waals surface area contributed by atoms with Crippen molar-refractivity contribution in [1.29, 1.82) is 0 Å². The van der Waals surface area contributed by atoms with Crippen LogP contribution in [0.15, 0.2) is 46.9 Å². The van der Waals surface area contributed by atoms with Gasteiger partial charge < -0.3 is 14.6 Å². The van der Waals surface area contributed by atoms with Crippen LogP contribution in [0.2, 0.25) is 0 Å². The summed E-state index contributed by atoms with van der Waals surface area (Å²) in [5, 5.41) is 19.7. The Morgan fingerprint density at radius 3 is 2.42 bits per heavy atom. The normalized spacial score (nSPS) is 10.5. The molecule has 1 heterocycles. The average molecular weight is 250 g/mol. The van der Waals surface area contributed by atoms with Crippen LogP contribution in [-0.4, -0.2) is 10.2 Å². The smallest absolute Gasteiger partial charge is 0.136 e. The molecule has 0 bridgehead atoms. The minimum Gasteiger partial charge on any atom is -0.508 e. The van der Waals surface area contributed by atoms with Gasteiger partial charge in [0.1, 0.15) is 22.8 Å². The summed E-state index contributed by atoms with van der Waals surface area (Å²) in [6, 6.07) is 11.7. The van der Waals surface area contributed by atoms with Gasteiger partial charge in [-0.25, -0.2) is 0 Å². The summed E-state index contributed by atoms with van der Waals surface area (Å²) < 4.78 is 5.70. The molecule has 3 aromatic rings. The van der Waals surface area contributed by atoms with Crippen molar-refractivity contribution in [3.05, 3.63) is 48.0 Å². The summed E-state index contributed by atoms with van der Waals surface area (Å²) >= 11 is 0. The van der Waals surface area contributed by atoms with Crippen molar-refractivity contribution in [2.75, 3.05) is 0 Å². The van der Waals surface area contributed by atoms with E-state index in [1.165, 1.54) is 6.07 Å². The molecule has 92 valence electrons. The van der Waals surface area contributed by atoms with Gasteiger partial charge in [-0.1, -0.05) is 5.92 Å². The molecule has 0 spiro atoms. The molecule has 19 heavy (non-hydrogen) atoms. The Bertz CT molecular complexity index is 789. The summed E-state index contributed by atoms with van der Waals surface area (Å²) in [7, 11) is 0. The summed E-state index contributed by atoms with van der Waals surface area (Å²) in [5.41, 5.74) is 1.87. The van der Waals surface area contributed by atoms with E-state index in [1.54, 1.807) is 36.4 Å². The van der Waals surface area contributed by atoms with Gasteiger partial charge in [0.25, 0.3) is 0 Å². The van der Waals surface area contributed by atoms with Gasteiger partial charge in [0, 0.05) is 10.9 Å². The van der Waals surface area contributed by atoms with Gasteiger partial charge in [0.05, 0.1) is 5.56 Å². The van der Waals surface area contributed by atoms with Crippen LogP contribution in [0.3, 0.4) is 0 Å². The molecule has 3 heteroatoms. The van der Waals surface area contributed by atoms with Crippen LogP contribution in [0.4, 0.5) is 0 Å². The van der Waals surface area contributed by atoms with Crippen molar-refractivity contribution in [3.8, 4) is 35.2 Å². The highest BCUT2D eigenvalue weighted by molar-refractivity contribution is 5.90. The largest absolute Gasteiger partial charge is 0.508 e. The van der Waals surface area contributed by atoms with Crippen LogP contribution in [-0.2, 0) is 0 Å². The Morgan fingerprint density at radius 2 is 1.74 bits per heavy atom. The number of hydrogen-bond acceptors (Lipinski definition) is 3. The number of rotatable bonds is 1. The first kappa shape index (κ1) is 11.2. The van der Waals surface area contributed by atoms with Crippen molar-refractivity contribution in [3.63, 3.8) is 0 Å². The Kier molecular flexibility index (Phi) is 2.43. The Hall–Kier alpha value is -2.86. The van der Waals surface area contributed by atoms with E-state index in [9.17, 15) is 10.2 Å². The third-order valence-corrected chi connectivity index (χ3v) is 2.98. The zero-order valence-corrected chi connectivity index (χ0v) is 9.92. The summed E-state index contributed by atoms with van der Waals surface area (Å²) in [6.45, 7) is 0. The molecule has 0 radical (unpaired) electrons. The molecule has 3 nitrogen and oxygen atoms in total. The number of aromatic hydroxyl groups is 2. The molecule has 0 saturated carbocycles. The van der Waals surface area contributed by atoms with E-state index < -0.39 is 0 Å². The standard InChI is InChI=1S/C16H10O3/c1-2-12-13-9-16(10-3-5-11(17)6-4-10)19-15(13)8-7-14(12)18/h1,3-9,17-18H. The molecule has 0 atom stereocenters. The van der Waals surface area contributed by atoms with Gasteiger partial charge >= 0.3 is 0 Å². The first-order valence-electron chi connectivity index (χ1n) is 5.70. The number of furan rings is 1. The van der Waals surface area contributed by atoms with Gasteiger partial charge in [-0.05, 0) is 42.5 Å². The highest BCUT2D eigenvalue weighted by atomic mass is 16.3. The van der Waals surface area contributed by atoms with E-state index in [4.69, 9.17) is 10.8 Å². The Balaban J connectivity index is 2.22. The van der Waals surface area contributed by atoms with Crippen LogP contribution < -0.4 is 0 Å². The number of phenols is 2. The molecule has 3 rings (SSSR count). The first-order chi connectivity index (χ1) is 9.19. The van der Waals surface area contributed by atoms with Crippen LogP contribution in [0, 0.1) is 12.3 Å². The topological polar surface area (TPSA) is 53.6 Å². The molecular formula is C16H10O3. The van der Waals surface area contributed by atoms with Gasteiger partial charge in [-0.3, -0.25) is 0 Å². The summed E-state index contributed by atoms with van der Waals surface area (Å²) in [5.74, 6) is 3.36. The van der Waals surface area contributed by atoms with Crippen LogP contribution >= 0.6 is 0 Å². The number of terminal acetylenes is 1. The zero-order chi connectivity index (χ0) is 13.4.